The van der Waals surface area contributed by atoms with Gasteiger partial charge in [0, 0.05) is 10.9 Å². The lowest BCUT2D eigenvalue weighted by Crippen LogP contribution is -2.31. The molecule has 0 spiro atoms. The normalized spacial score (nSPS) is 17.9. The van der Waals surface area contributed by atoms with Crippen LogP contribution in [-0.4, -0.2) is 22.0 Å². The van der Waals surface area contributed by atoms with E-state index in [1.807, 2.05) is 36.4 Å². The Bertz CT molecular complexity index is 906. The number of benzene rings is 2. The van der Waals surface area contributed by atoms with Gasteiger partial charge in [-0.15, -0.1) is 11.3 Å². The molecule has 1 aliphatic heterocycles. The second-order valence-electron chi connectivity index (χ2n) is 5.30. The second-order valence-corrected chi connectivity index (χ2v) is 8.70. The minimum absolute atomic E-state index is 0.166. The van der Waals surface area contributed by atoms with E-state index in [-0.39, 0.29) is 18.2 Å². The fourth-order valence-electron chi connectivity index (χ4n) is 2.58. The molecular formula is C17H11BrN2O2S2. The van der Waals surface area contributed by atoms with Gasteiger partial charge in [0.2, 0.25) is 11.8 Å². The molecule has 2 heterocycles. The Balaban J connectivity index is 1.57. The topological polar surface area (TPSA) is 50.3 Å². The lowest BCUT2D eigenvalue weighted by molar-refractivity contribution is -0.121. The molecule has 0 saturated carbocycles. The van der Waals surface area contributed by atoms with Gasteiger partial charge < -0.3 is 0 Å². The summed E-state index contributed by atoms with van der Waals surface area (Å²) in [4.78, 5) is 30.8. The van der Waals surface area contributed by atoms with Gasteiger partial charge in [-0.2, -0.15) is 0 Å². The van der Waals surface area contributed by atoms with Gasteiger partial charge in [0.05, 0.1) is 15.9 Å². The van der Waals surface area contributed by atoms with Crippen molar-refractivity contribution in [1.82, 2.24) is 4.98 Å². The standard InChI is InChI=1S/C17H11BrN2O2S2/c18-10-5-7-11(8-6-10)20-15(21)9-14(16(20)22)24-17-19-12-3-1-2-4-13(12)23-17/h1-8,14H,9H2. The van der Waals surface area contributed by atoms with Crippen LogP contribution in [0.5, 0.6) is 0 Å². The average Bonchev–Trinajstić information content (AvgIpc) is 3.09. The number of imide groups is 1. The van der Waals surface area contributed by atoms with Gasteiger partial charge in [0.1, 0.15) is 5.25 Å². The summed E-state index contributed by atoms with van der Waals surface area (Å²) in [6.45, 7) is 0. The number of amides is 2. The average molecular weight is 419 g/mol. The zero-order chi connectivity index (χ0) is 16.7. The van der Waals surface area contributed by atoms with Crippen LogP contribution in [0.2, 0.25) is 0 Å². The smallest absolute Gasteiger partial charge is 0.247 e. The van der Waals surface area contributed by atoms with Gasteiger partial charge in [-0.05, 0) is 36.4 Å². The van der Waals surface area contributed by atoms with Crippen molar-refractivity contribution in [1.29, 1.82) is 0 Å². The monoisotopic (exact) mass is 418 g/mol. The maximum atomic E-state index is 12.7. The number of carbonyl (C=O) groups excluding carboxylic acids is 2. The van der Waals surface area contributed by atoms with Crippen molar-refractivity contribution in [3.8, 4) is 0 Å². The number of rotatable bonds is 3. The van der Waals surface area contributed by atoms with E-state index in [2.05, 4.69) is 20.9 Å². The minimum atomic E-state index is -0.415. The molecule has 24 heavy (non-hydrogen) atoms. The molecule has 4 nitrogen and oxygen atoms in total. The predicted molar refractivity (Wildman–Crippen MR) is 101 cm³/mol. The molecule has 1 aliphatic rings. The SMILES string of the molecule is O=C1CC(Sc2nc3ccccc3s2)C(=O)N1c1ccc(Br)cc1. The molecule has 2 amide bonds. The van der Waals surface area contributed by atoms with E-state index >= 15 is 0 Å². The fraction of sp³-hybridized carbons (Fsp3) is 0.118. The Kier molecular flexibility index (Phi) is 4.15. The highest BCUT2D eigenvalue weighted by molar-refractivity contribution is 9.10. The van der Waals surface area contributed by atoms with Crippen LogP contribution in [0.3, 0.4) is 0 Å². The number of anilines is 1. The molecule has 0 N–H and O–H groups in total. The fourth-order valence-corrected chi connectivity index (χ4v) is 5.18. The lowest BCUT2D eigenvalue weighted by atomic mass is 10.3. The van der Waals surface area contributed by atoms with Crippen molar-refractivity contribution in [2.24, 2.45) is 0 Å². The molecule has 1 unspecified atom stereocenters. The molecular weight excluding hydrogens is 408 g/mol. The van der Waals surface area contributed by atoms with Crippen molar-refractivity contribution >= 4 is 66.7 Å². The molecule has 1 fully saturated rings. The number of hydrogen-bond donors (Lipinski definition) is 0. The maximum absolute atomic E-state index is 12.7. The number of hydrogen-bond acceptors (Lipinski definition) is 5. The summed E-state index contributed by atoms with van der Waals surface area (Å²) in [5.74, 6) is -0.340. The summed E-state index contributed by atoms with van der Waals surface area (Å²) >= 11 is 6.28. The second kappa shape index (κ2) is 6.31. The third-order valence-corrected chi connectivity index (χ3v) is 6.55. The van der Waals surface area contributed by atoms with E-state index < -0.39 is 5.25 Å². The largest absolute Gasteiger partial charge is 0.274 e. The van der Waals surface area contributed by atoms with Gasteiger partial charge in [0.25, 0.3) is 0 Å². The summed E-state index contributed by atoms with van der Waals surface area (Å²) < 4.78 is 2.81. The van der Waals surface area contributed by atoms with Crippen LogP contribution in [-0.2, 0) is 9.59 Å². The zero-order valence-electron chi connectivity index (χ0n) is 12.3. The molecule has 2 aromatic carbocycles. The summed E-state index contributed by atoms with van der Waals surface area (Å²) in [7, 11) is 0. The van der Waals surface area contributed by atoms with Crippen LogP contribution in [0, 0.1) is 0 Å². The number of carbonyl (C=O) groups is 2. The summed E-state index contributed by atoms with van der Waals surface area (Å²) in [6, 6.07) is 15.0. The van der Waals surface area contributed by atoms with Crippen molar-refractivity contribution < 1.29 is 9.59 Å². The van der Waals surface area contributed by atoms with Gasteiger partial charge in [-0.25, -0.2) is 9.88 Å². The highest BCUT2D eigenvalue weighted by Gasteiger charge is 2.40. The molecule has 4 rings (SSSR count). The number of thiazole rings is 1. The number of aromatic nitrogens is 1. The Labute approximate surface area is 155 Å². The summed E-state index contributed by atoms with van der Waals surface area (Å²) in [6.07, 6.45) is 0.204. The number of nitrogens with zero attached hydrogens (tertiary/aromatic N) is 2. The van der Waals surface area contributed by atoms with Crippen LogP contribution in [0.1, 0.15) is 6.42 Å². The van der Waals surface area contributed by atoms with Crippen molar-refractivity contribution in [3.05, 3.63) is 53.0 Å². The first kappa shape index (κ1) is 15.8. The molecule has 120 valence electrons. The first-order chi connectivity index (χ1) is 11.6. The molecule has 3 aromatic rings. The molecule has 0 aliphatic carbocycles. The highest BCUT2D eigenvalue weighted by atomic mass is 79.9. The molecule has 0 radical (unpaired) electrons. The zero-order valence-corrected chi connectivity index (χ0v) is 15.5. The van der Waals surface area contributed by atoms with Gasteiger partial charge in [0.15, 0.2) is 4.34 Å². The lowest BCUT2D eigenvalue weighted by Gasteiger charge is -2.14. The molecule has 1 saturated heterocycles. The van der Waals surface area contributed by atoms with Crippen LogP contribution in [0.4, 0.5) is 5.69 Å². The van der Waals surface area contributed by atoms with Crippen LogP contribution < -0.4 is 4.90 Å². The van der Waals surface area contributed by atoms with E-state index in [9.17, 15) is 9.59 Å². The Morgan fingerprint density at radius 2 is 1.88 bits per heavy atom. The Morgan fingerprint density at radius 3 is 2.62 bits per heavy atom. The third-order valence-electron chi connectivity index (χ3n) is 3.71. The third kappa shape index (κ3) is 2.87. The first-order valence-corrected chi connectivity index (χ1v) is 9.75. The number of fused-ring (bicyclic) bond motifs is 1. The van der Waals surface area contributed by atoms with Crippen molar-refractivity contribution in [3.63, 3.8) is 0 Å². The van der Waals surface area contributed by atoms with Crippen molar-refractivity contribution in [2.45, 2.75) is 16.0 Å². The van der Waals surface area contributed by atoms with Gasteiger partial charge in [-0.1, -0.05) is 39.8 Å². The highest BCUT2D eigenvalue weighted by Crippen LogP contribution is 2.37. The van der Waals surface area contributed by atoms with Crippen LogP contribution >= 0.6 is 39.0 Å². The summed E-state index contributed by atoms with van der Waals surface area (Å²) in [5.41, 5.74) is 1.53. The van der Waals surface area contributed by atoms with Crippen LogP contribution in [0.15, 0.2) is 57.3 Å². The molecule has 7 heteroatoms. The number of para-hydroxylation sites is 1. The Hall–Kier alpha value is -1.70. The first-order valence-electron chi connectivity index (χ1n) is 7.26. The van der Waals surface area contributed by atoms with E-state index in [4.69, 9.17) is 0 Å². The number of thioether (sulfide) groups is 1. The summed E-state index contributed by atoms with van der Waals surface area (Å²) in [5, 5.41) is -0.415. The van der Waals surface area contributed by atoms with Crippen LogP contribution in [0.25, 0.3) is 10.2 Å². The molecule has 1 atom stereocenters. The maximum Gasteiger partial charge on any atom is 0.247 e. The van der Waals surface area contributed by atoms with E-state index in [1.165, 1.54) is 16.7 Å². The quantitative estimate of drug-likeness (QED) is 0.588. The van der Waals surface area contributed by atoms with E-state index in [0.29, 0.717) is 5.69 Å². The van der Waals surface area contributed by atoms with E-state index in [1.54, 1.807) is 23.5 Å². The minimum Gasteiger partial charge on any atom is -0.274 e. The van der Waals surface area contributed by atoms with Crippen molar-refractivity contribution in [2.75, 3.05) is 4.90 Å². The molecule has 1 aromatic heterocycles. The number of halogens is 1. The predicted octanol–water partition coefficient (Wildman–Crippen LogP) is 4.48. The van der Waals surface area contributed by atoms with Gasteiger partial charge in [-0.3, -0.25) is 9.59 Å². The van der Waals surface area contributed by atoms with Gasteiger partial charge >= 0.3 is 0 Å². The Morgan fingerprint density at radius 1 is 1.12 bits per heavy atom. The molecule has 0 bridgehead atoms. The van der Waals surface area contributed by atoms with E-state index in [0.717, 1.165) is 19.0 Å².